The first-order valence-electron chi connectivity index (χ1n) is 12.7. The number of fused-ring (bicyclic) bond motifs is 1. The summed E-state index contributed by atoms with van der Waals surface area (Å²) in [6.07, 6.45) is -0.966. The molecule has 0 bridgehead atoms. The predicted molar refractivity (Wildman–Crippen MR) is 145 cm³/mol. The molecular formula is C29H32F3N5O2. The number of anilines is 1. The molecule has 0 radical (unpaired) electrons. The second-order valence-electron chi connectivity index (χ2n) is 9.06. The van der Waals surface area contributed by atoms with Crippen LogP contribution in [0.1, 0.15) is 16.7 Å². The lowest BCUT2D eigenvalue weighted by Gasteiger charge is -2.23. The molecule has 0 aliphatic heterocycles. The van der Waals surface area contributed by atoms with E-state index in [1.165, 1.54) is 29.7 Å². The van der Waals surface area contributed by atoms with Crippen LogP contribution in [0.2, 0.25) is 0 Å². The van der Waals surface area contributed by atoms with E-state index >= 15 is 0 Å². The Labute approximate surface area is 226 Å². The lowest BCUT2D eigenvalue weighted by Crippen LogP contribution is -2.30. The molecule has 2 heterocycles. The summed E-state index contributed by atoms with van der Waals surface area (Å²) < 4.78 is 51.1. The Bertz CT molecular complexity index is 1360. The standard InChI is InChI=1S/C29H32F3N5O2/c1-38-16-14-37(15-17-39-2)19-23-7-4-3-6-21(23)11-13-34-28-24-10-9-22(18-26(24)35-20-36-28)27-25(29(30,31)32)8-5-12-33-27/h3-10,12,18,20H,11,13-17,19H2,1-2H3,(H,34,35,36). The van der Waals surface area contributed by atoms with Crippen LogP contribution < -0.4 is 5.32 Å². The van der Waals surface area contributed by atoms with Gasteiger partial charge in [-0.3, -0.25) is 9.88 Å². The lowest BCUT2D eigenvalue weighted by atomic mass is 10.0. The number of pyridine rings is 1. The van der Waals surface area contributed by atoms with Crippen molar-refractivity contribution in [3.63, 3.8) is 0 Å². The number of aromatic nitrogens is 3. The highest BCUT2D eigenvalue weighted by atomic mass is 19.4. The van der Waals surface area contributed by atoms with Crippen LogP contribution in [-0.4, -0.2) is 66.9 Å². The van der Waals surface area contributed by atoms with Crippen LogP contribution in [0, 0.1) is 0 Å². The van der Waals surface area contributed by atoms with Crippen molar-refractivity contribution in [3.8, 4) is 11.3 Å². The highest BCUT2D eigenvalue weighted by Crippen LogP contribution is 2.36. The monoisotopic (exact) mass is 539 g/mol. The fraction of sp³-hybridized carbons (Fsp3) is 0.345. The third kappa shape index (κ3) is 7.50. The zero-order valence-electron chi connectivity index (χ0n) is 22.0. The van der Waals surface area contributed by atoms with Crippen LogP contribution in [-0.2, 0) is 28.6 Å². The van der Waals surface area contributed by atoms with Gasteiger partial charge in [-0.15, -0.1) is 0 Å². The van der Waals surface area contributed by atoms with Gasteiger partial charge in [-0.25, -0.2) is 9.97 Å². The zero-order chi connectivity index (χ0) is 27.7. The van der Waals surface area contributed by atoms with Crippen molar-refractivity contribution in [1.29, 1.82) is 0 Å². The summed E-state index contributed by atoms with van der Waals surface area (Å²) in [4.78, 5) is 15.0. The van der Waals surface area contributed by atoms with Gasteiger partial charge in [0.25, 0.3) is 0 Å². The predicted octanol–water partition coefficient (Wildman–Crippen LogP) is 5.46. The molecule has 0 unspecified atom stereocenters. The Kier molecular flexibility index (Phi) is 9.80. The van der Waals surface area contributed by atoms with E-state index in [0.717, 1.165) is 37.5 Å². The summed E-state index contributed by atoms with van der Waals surface area (Å²) in [6, 6.07) is 15.6. The van der Waals surface area contributed by atoms with Gasteiger partial charge in [0.1, 0.15) is 12.1 Å². The number of hydrogen-bond acceptors (Lipinski definition) is 7. The van der Waals surface area contributed by atoms with Gasteiger partial charge < -0.3 is 14.8 Å². The molecule has 0 amide bonds. The van der Waals surface area contributed by atoms with Crippen LogP contribution in [0.25, 0.3) is 22.2 Å². The van der Waals surface area contributed by atoms with Gasteiger partial charge in [0.2, 0.25) is 0 Å². The summed E-state index contributed by atoms with van der Waals surface area (Å²) in [5.74, 6) is 0.628. The topological polar surface area (TPSA) is 72.4 Å². The van der Waals surface area contributed by atoms with E-state index in [-0.39, 0.29) is 5.69 Å². The maximum atomic E-state index is 13.5. The summed E-state index contributed by atoms with van der Waals surface area (Å²) in [5, 5.41) is 4.11. The molecule has 0 spiro atoms. The van der Waals surface area contributed by atoms with Crippen LogP contribution in [0.4, 0.5) is 19.0 Å². The molecular weight excluding hydrogens is 507 g/mol. The fourth-order valence-electron chi connectivity index (χ4n) is 4.43. The molecule has 39 heavy (non-hydrogen) atoms. The maximum absolute atomic E-state index is 13.5. The molecule has 1 N–H and O–H groups in total. The Morgan fingerprint density at radius 3 is 2.33 bits per heavy atom. The Balaban J connectivity index is 1.48. The molecule has 4 aromatic rings. The second-order valence-corrected chi connectivity index (χ2v) is 9.06. The van der Waals surface area contributed by atoms with E-state index in [1.807, 2.05) is 12.1 Å². The van der Waals surface area contributed by atoms with Crippen LogP contribution >= 0.6 is 0 Å². The summed E-state index contributed by atoms with van der Waals surface area (Å²) in [5.41, 5.74) is 2.44. The van der Waals surface area contributed by atoms with Gasteiger partial charge in [0.05, 0.1) is 30.0 Å². The number of benzene rings is 2. The first-order chi connectivity index (χ1) is 18.9. The van der Waals surface area contributed by atoms with E-state index in [4.69, 9.17) is 9.47 Å². The first-order valence-corrected chi connectivity index (χ1v) is 12.7. The van der Waals surface area contributed by atoms with E-state index in [2.05, 4.69) is 37.3 Å². The molecule has 10 heteroatoms. The van der Waals surface area contributed by atoms with Crippen molar-refractivity contribution in [2.45, 2.75) is 19.1 Å². The number of halogens is 3. The third-order valence-electron chi connectivity index (χ3n) is 6.45. The highest BCUT2D eigenvalue weighted by molar-refractivity contribution is 5.91. The number of methoxy groups -OCH3 is 2. The van der Waals surface area contributed by atoms with Crippen molar-refractivity contribution in [1.82, 2.24) is 19.9 Å². The molecule has 0 fully saturated rings. The summed E-state index contributed by atoms with van der Waals surface area (Å²) in [6.45, 7) is 4.32. The van der Waals surface area contributed by atoms with Gasteiger partial charge >= 0.3 is 6.18 Å². The number of nitrogens with zero attached hydrogens (tertiary/aromatic N) is 4. The van der Waals surface area contributed by atoms with Crippen molar-refractivity contribution in [2.24, 2.45) is 0 Å². The van der Waals surface area contributed by atoms with Crippen molar-refractivity contribution in [3.05, 3.63) is 83.8 Å². The minimum Gasteiger partial charge on any atom is -0.383 e. The highest BCUT2D eigenvalue weighted by Gasteiger charge is 2.34. The zero-order valence-corrected chi connectivity index (χ0v) is 22.0. The fourth-order valence-corrected chi connectivity index (χ4v) is 4.43. The smallest absolute Gasteiger partial charge is 0.383 e. The third-order valence-corrected chi connectivity index (χ3v) is 6.45. The van der Waals surface area contributed by atoms with E-state index in [0.29, 0.717) is 36.7 Å². The first kappa shape index (κ1) is 28.4. The van der Waals surface area contributed by atoms with Crippen LogP contribution in [0.3, 0.4) is 0 Å². The van der Waals surface area contributed by atoms with E-state index in [1.54, 1.807) is 32.4 Å². The lowest BCUT2D eigenvalue weighted by molar-refractivity contribution is -0.137. The number of hydrogen-bond donors (Lipinski definition) is 1. The van der Waals surface area contributed by atoms with Crippen molar-refractivity contribution in [2.75, 3.05) is 52.4 Å². The number of rotatable bonds is 13. The average Bonchev–Trinajstić information content (AvgIpc) is 2.94. The van der Waals surface area contributed by atoms with E-state index < -0.39 is 11.7 Å². The number of ether oxygens (including phenoxy) is 2. The Morgan fingerprint density at radius 2 is 1.62 bits per heavy atom. The number of nitrogens with one attached hydrogen (secondary N) is 1. The Hall–Kier alpha value is -3.60. The normalized spacial score (nSPS) is 11.8. The Morgan fingerprint density at radius 1 is 0.872 bits per heavy atom. The molecule has 7 nitrogen and oxygen atoms in total. The molecule has 0 aliphatic carbocycles. The average molecular weight is 540 g/mol. The maximum Gasteiger partial charge on any atom is 0.418 e. The van der Waals surface area contributed by atoms with Crippen molar-refractivity contribution >= 4 is 16.7 Å². The van der Waals surface area contributed by atoms with Gasteiger partial charge in [0, 0.05) is 57.5 Å². The molecule has 0 atom stereocenters. The van der Waals surface area contributed by atoms with Gasteiger partial charge in [-0.1, -0.05) is 30.3 Å². The van der Waals surface area contributed by atoms with Gasteiger partial charge in [-0.05, 0) is 41.8 Å². The van der Waals surface area contributed by atoms with Crippen LogP contribution in [0.15, 0.2) is 67.1 Å². The molecule has 4 rings (SSSR count). The summed E-state index contributed by atoms with van der Waals surface area (Å²) in [7, 11) is 3.40. The summed E-state index contributed by atoms with van der Waals surface area (Å²) >= 11 is 0. The van der Waals surface area contributed by atoms with Gasteiger partial charge in [-0.2, -0.15) is 13.2 Å². The quantitative estimate of drug-likeness (QED) is 0.242. The molecule has 2 aromatic carbocycles. The molecule has 2 aromatic heterocycles. The second kappa shape index (κ2) is 13.5. The van der Waals surface area contributed by atoms with Crippen molar-refractivity contribution < 1.29 is 22.6 Å². The molecule has 0 aliphatic rings. The van der Waals surface area contributed by atoms with Crippen LogP contribution in [0.5, 0.6) is 0 Å². The largest absolute Gasteiger partial charge is 0.418 e. The number of alkyl halides is 3. The van der Waals surface area contributed by atoms with E-state index in [9.17, 15) is 13.2 Å². The molecule has 206 valence electrons. The SMILES string of the molecule is COCCN(CCOC)Cc1ccccc1CCNc1ncnc2cc(-c3ncccc3C(F)(F)F)ccc12. The minimum atomic E-state index is -4.50. The van der Waals surface area contributed by atoms with Gasteiger partial charge in [0.15, 0.2) is 0 Å². The minimum absolute atomic E-state index is 0.123. The molecule has 0 saturated heterocycles. The molecule has 0 saturated carbocycles.